The van der Waals surface area contributed by atoms with E-state index < -0.39 is 0 Å². The largest absolute Gasteiger partial charge is 0.306 e. The van der Waals surface area contributed by atoms with Crippen molar-refractivity contribution in [2.75, 3.05) is 6.54 Å². The van der Waals surface area contributed by atoms with E-state index in [1.807, 2.05) is 11.7 Å². The Kier molecular flexibility index (Phi) is 3.35. The SMILES string of the molecule is CC(C)CC1(c2c(Br)nnn2C)CCCN1. The van der Waals surface area contributed by atoms with E-state index in [9.17, 15) is 0 Å². The van der Waals surface area contributed by atoms with Gasteiger partial charge in [0.1, 0.15) is 0 Å². The van der Waals surface area contributed by atoms with Gasteiger partial charge in [0.15, 0.2) is 4.60 Å². The highest BCUT2D eigenvalue weighted by Gasteiger charge is 2.40. The molecular weight excluding hydrogens is 268 g/mol. The fourth-order valence-electron chi connectivity index (χ4n) is 2.82. The zero-order chi connectivity index (χ0) is 11.8. The lowest BCUT2D eigenvalue weighted by molar-refractivity contribution is 0.291. The molecule has 1 atom stereocenters. The van der Waals surface area contributed by atoms with Crippen LogP contribution in [0.2, 0.25) is 0 Å². The predicted molar refractivity (Wildman–Crippen MR) is 67.1 cm³/mol. The minimum absolute atomic E-state index is 0.0608. The van der Waals surface area contributed by atoms with Crippen molar-refractivity contribution in [3.8, 4) is 0 Å². The van der Waals surface area contributed by atoms with Gasteiger partial charge in [-0.3, -0.25) is 0 Å². The zero-order valence-electron chi connectivity index (χ0n) is 10.1. The van der Waals surface area contributed by atoms with Crippen molar-refractivity contribution in [2.24, 2.45) is 13.0 Å². The third-order valence-corrected chi connectivity index (χ3v) is 3.77. The lowest BCUT2D eigenvalue weighted by atomic mass is 9.85. The predicted octanol–water partition coefficient (Wildman–Crippen LogP) is 2.20. The zero-order valence-corrected chi connectivity index (χ0v) is 11.7. The van der Waals surface area contributed by atoms with Crippen molar-refractivity contribution in [3.63, 3.8) is 0 Å². The third kappa shape index (κ3) is 2.02. The Hall–Kier alpha value is -0.420. The second kappa shape index (κ2) is 4.45. The molecule has 1 aromatic heterocycles. The summed E-state index contributed by atoms with van der Waals surface area (Å²) in [5, 5.41) is 11.9. The normalized spacial score (nSPS) is 25.6. The van der Waals surface area contributed by atoms with Crippen LogP contribution in [0, 0.1) is 5.92 Å². The van der Waals surface area contributed by atoms with Crippen LogP contribution in [-0.4, -0.2) is 21.5 Å². The van der Waals surface area contributed by atoms with Crippen molar-refractivity contribution in [3.05, 3.63) is 10.3 Å². The molecular formula is C11H19BrN4. The Balaban J connectivity index is 2.39. The first-order valence-corrected chi connectivity index (χ1v) is 6.65. The van der Waals surface area contributed by atoms with Crippen molar-refractivity contribution in [1.82, 2.24) is 20.3 Å². The maximum atomic E-state index is 4.10. The fraction of sp³-hybridized carbons (Fsp3) is 0.818. The highest BCUT2D eigenvalue weighted by Crippen LogP contribution is 2.38. The molecule has 0 bridgehead atoms. The lowest BCUT2D eigenvalue weighted by Gasteiger charge is -2.31. The van der Waals surface area contributed by atoms with Crippen LogP contribution in [-0.2, 0) is 12.6 Å². The van der Waals surface area contributed by atoms with Gasteiger partial charge < -0.3 is 5.32 Å². The van der Waals surface area contributed by atoms with Gasteiger partial charge in [-0.05, 0) is 47.7 Å². The number of hydrogen-bond acceptors (Lipinski definition) is 3. The Bertz CT molecular complexity index is 347. The minimum atomic E-state index is 0.0608. The van der Waals surface area contributed by atoms with E-state index in [2.05, 4.69) is 45.4 Å². The Morgan fingerprint density at radius 1 is 1.56 bits per heavy atom. The molecule has 2 rings (SSSR count). The first-order chi connectivity index (χ1) is 7.55. The molecule has 0 radical (unpaired) electrons. The van der Waals surface area contributed by atoms with Gasteiger partial charge in [0.2, 0.25) is 0 Å². The van der Waals surface area contributed by atoms with E-state index >= 15 is 0 Å². The van der Waals surface area contributed by atoms with Gasteiger partial charge in [-0.15, -0.1) is 5.10 Å². The molecule has 1 unspecified atom stereocenters. The summed E-state index contributed by atoms with van der Waals surface area (Å²) < 4.78 is 2.77. The summed E-state index contributed by atoms with van der Waals surface area (Å²) in [5.41, 5.74) is 1.25. The Morgan fingerprint density at radius 3 is 2.75 bits per heavy atom. The molecule has 1 N–H and O–H groups in total. The summed E-state index contributed by atoms with van der Waals surface area (Å²) in [5.74, 6) is 0.660. The smallest absolute Gasteiger partial charge is 0.153 e. The Morgan fingerprint density at radius 2 is 2.31 bits per heavy atom. The summed E-state index contributed by atoms with van der Waals surface area (Å²) in [6.45, 7) is 5.61. The molecule has 1 aliphatic heterocycles. The molecule has 0 aliphatic carbocycles. The summed E-state index contributed by atoms with van der Waals surface area (Å²) in [6.07, 6.45) is 3.53. The first-order valence-electron chi connectivity index (χ1n) is 5.86. The van der Waals surface area contributed by atoms with E-state index in [0.29, 0.717) is 5.92 Å². The topological polar surface area (TPSA) is 42.7 Å². The highest BCUT2D eigenvalue weighted by atomic mass is 79.9. The van der Waals surface area contributed by atoms with Crippen LogP contribution >= 0.6 is 15.9 Å². The lowest BCUT2D eigenvalue weighted by Crippen LogP contribution is -2.40. The maximum Gasteiger partial charge on any atom is 0.153 e. The molecule has 0 saturated carbocycles. The minimum Gasteiger partial charge on any atom is -0.306 e. The molecule has 0 spiro atoms. The van der Waals surface area contributed by atoms with Gasteiger partial charge in [0.25, 0.3) is 0 Å². The quantitative estimate of drug-likeness (QED) is 0.926. The number of aryl methyl sites for hydroxylation is 1. The average molecular weight is 287 g/mol. The van der Waals surface area contributed by atoms with Crippen molar-refractivity contribution in [2.45, 2.75) is 38.6 Å². The molecule has 4 nitrogen and oxygen atoms in total. The van der Waals surface area contributed by atoms with E-state index in [4.69, 9.17) is 0 Å². The average Bonchev–Trinajstić information content (AvgIpc) is 2.74. The first kappa shape index (κ1) is 12.0. The van der Waals surface area contributed by atoms with Gasteiger partial charge in [0.05, 0.1) is 11.2 Å². The molecule has 1 saturated heterocycles. The maximum absolute atomic E-state index is 4.10. The second-order valence-electron chi connectivity index (χ2n) is 5.06. The van der Waals surface area contributed by atoms with Crippen molar-refractivity contribution in [1.29, 1.82) is 0 Å². The summed E-state index contributed by atoms with van der Waals surface area (Å²) in [7, 11) is 1.97. The van der Waals surface area contributed by atoms with Crippen LogP contribution in [0.15, 0.2) is 4.60 Å². The Labute approximate surface area is 105 Å². The molecule has 0 amide bonds. The molecule has 1 aromatic rings. The molecule has 1 fully saturated rings. The molecule has 0 aromatic carbocycles. The fourth-order valence-corrected chi connectivity index (χ4v) is 3.52. The number of rotatable bonds is 3. The summed E-state index contributed by atoms with van der Waals surface area (Å²) in [4.78, 5) is 0. The summed E-state index contributed by atoms with van der Waals surface area (Å²) in [6, 6.07) is 0. The van der Waals surface area contributed by atoms with Crippen molar-refractivity contribution < 1.29 is 0 Å². The van der Waals surface area contributed by atoms with Crippen LogP contribution in [0.4, 0.5) is 0 Å². The van der Waals surface area contributed by atoms with Gasteiger partial charge in [-0.2, -0.15) is 0 Å². The summed E-state index contributed by atoms with van der Waals surface area (Å²) >= 11 is 3.52. The van der Waals surface area contributed by atoms with E-state index in [-0.39, 0.29) is 5.54 Å². The van der Waals surface area contributed by atoms with Crippen LogP contribution in [0.1, 0.15) is 38.8 Å². The van der Waals surface area contributed by atoms with E-state index in [1.165, 1.54) is 18.5 Å². The second-order valence-corrected chi connectivity index (χ2v) is 5.81. The van der Waals surface area contributed by atoms with Crippen LogP contribution in [0.3, 0.4) is 0 Å². The van der Waals surface area contributed by atoms with Crippen molar-refractivity contribution >= 4 is 15.9 Å². The van der Waals surface area contributed by atoms with Gasteiger partial charge in [-0.1, -0.05) is 19.1 Å². The molecule has 5 heteroatoms. The monoisotopic (exact) mass is 286 g/mol. The number of hydrogen-bond donors (Lipinski definition) is 1. The van der Waals surface area contributed by atoms with E-state index in [1.54, 1.807) is 0 Å². The number of nitrogens with zero attached hydrogens (tertiary/aromatic N) is 3. The van der Waals surface area contributed by atoms with Gasteiger partial charge >= 0.3 is 0 Å². The molecule has 1 aliphatic rings. The van der Waals surface area contributed by atoms with Crippen LogP contribution in [0.25, 0.3) is 0 Å². The molecule has 90 valence electrons. The third-order valence-electron chi connectivity index (χ3n) is 3.24. The standard InChI is InChI=1S/C11H19BrN4/c1-8(2)7-11(5-4-6-13-11)9-10(12)14-15-16(9)3/h8,13H,4-7H2,1-3H3. The molecule has 2 heterocycles. The molecule has 16 heavy (non-hydrogen) atoms. The van der Waals surface area contributed by atoms with Gasteiger partial charge in [0, 0.05) is 7.05 Å². The number of aromatic nitrogens is 3. The number of nitrogens with one attached hydrogen (secondary N) is 1. The highest BCUT2D eigenvalue weighted by molar-refractivity contribution is 9.10. The van der Waals surface area contributed by atoms with Gasteiger partial charge in [-0.25, -0.2) is 4.68 Å². The number of halogens is 1. The van der Waals surface area contributed by atoms with Crippen LogP contribution < -0.4 is 5.32 Å². The van der Waals surface area contributed by atoms with E-state index in [0.717, 1.165) is 17.6 Å². The van der Waals surface area contributed by atoms with Crippen LogP contribution in [0.5, 0.6) is 0 Å².